The SMILES string of the molecule is CCN1C(=O)c2ccc(Cc3ccc4cc5cc(Cc6ccc7c(c6)C(=O)N(CC)C7=O)ccc5cc4c3)cc2C1=O. The second-order valence-corrected chi connectivity index (χ2v) is 11.0. The minimum atomic E-state index is -0.216. The summed E-state index contributed by atoms with van der Waals surface area (Å²) >= 11 is 0. The molecular weight excluding hydrogens is 524 g/mol. The van der Waals surface area contributed by atoms with E-state index in [-0.39, 0.29) is 23.6 Å². The van der Waals surface area contributed by atoms with Crippen molar-refractivity contribution < 1.29 is 19.2 Å². The smallest absolute Gasteiger partial charge is 0.261 e. The van der Waals surface area contributed by atoms with Gasteiger partial charge in [-0.3, -0.25) is 29.0 Å². The van der Waals surface area contributed by atoms with Crippen molar-refractivity contribution >= 4 is 45.2 Å². The zero-order chi connectivity index (χ0) is 29.1. The van der Waals surface area contributed by atoms with Crippen LogP contribution in [-0.4, -0.2) is 46.5 Å². The Bertz CT molecular complexity index is 1860. The molecule has 0 atom stereocenters. The van der Waals surface area contributed by atoms with E-state index >= 15 is 0 Å². The van der Waals surface area contributed by atoms with Gasteiger partial charge in [0.2, 0.25) is 0 Å². The fourth-order valence-electron chi connectivity index (χ4n) is 6.26. The van der Waals surface area contributed by atoms with Crippen molar-refractivity contribution in [2.75, 3.05) is 13.1 Å². The van der Waals surface area contributed by atoms with Crippen LogP contribution < -0.4 is 0 Å². The average molecular weight is 553 g/mol. The maximum atomic E-state index is 12.6. The Kier molecular flexibility index (Phi) is 6.01. The molecule has 2 aliphatic heterocycles. The highest BCUT2D eigenvalue weighted by Crippen LogP contribution is 2.29. The van der Waals surface area contributed by atoms with Crippen molar-refractivity contribution in [2.24, 2.45) is 0 Å². The van der Waals surface area contributed by atoms with E-state index in [0.717, 1.165) is 43.8 Å². The maximum Gasteiger partial charge on any atom is 0.261 e. The predicted octanol–water partition coefficient (Wildman–Crippen LogP) is 6.41. The summed E-state index contributed by atoms with van der Waals surface area (Å²) in [6, 6.07) is 28.3. The fourth-order valence-corrected chi connectivity index (χ4v) is 6.26. The summed E-state index contributed by atoms with van der Waals surface area (Å²) in [5, 5.41) is 4.55. The lowest BCUT2D eigenvalue weighted by molar-refractivity contribution is 0.0647. The van der Waals surface area contributed by atoms with Gasteiger partial charge < -0.3 is 0 Å². The Balaban J connectivity index is 1.13. The molecule has 5 aromatic carbocycles. The first kappa shape index (κ1) is 25.8. The van der Waals surface area contributed by atoms with E-state index in [4.69, 9.17) is 0 Å². The highest BCUT2D eigenvalue weighted by atomic mass is 16.2. The molecule has 6 heteroatoms. The number of hydrogen-bond donors (Lipinski definition) is 0. The number of carbonyl (C=O) groups excluding carboxylic acids is 4. The lowest BCUT2D eigenvalue weighted by Crippen LogP contribution is -2.29. The molecule has 4 amide bonds. The zero-order valence-electron chi connectivity index (χ0n) is 23.4. The van der Waals surface area contributed by atoms with Gasteiger partial charge in [0.05, 0.1) is 22.3 Å². The molecule has 42 heavy (non-hydrogen) atoms. The maximum absolute atomic E-state index is 12.6. The van der Waals surface area contributed by atoms with Crippen LogP contribution in [0, 0.1) is 0 Å². The molecule has 0 bridgehead atoms. The van der Waals surface area contributed by atoms with Crippen LogP contribution in [0.1, 0.15) is 77.5 Å². The second kappa shape index (κ2) is 9.77. The molecule has 0 saturated heterocycles. The molecule has 6 nitrogen and oxygen atoms in total. The normalized spacial score (nSPS) is 14.4. The van der Waals surface area contributed by atoms with Crippen molar-refractivity contribution in [2.45, 2.75) is 26.7 Å². The number of amides is 4. The third-order valence-electron chi connectivity index (χ3n) is 8.44. The monoisotopic (exact) mass is 552 g/mol. The topological polar surface area (TPSA) is 74.8 Å². The standard InChI is InChI=1S/C36H28N2O4/c1-3-37-33(39)29-11-7-23(17-31(29)35(37)41)13-21-5-9-25-20-28-16-22(6-10-26(28)19-27(25)15-21)14-24-8-12-30-32(18-24)36(42)38(4-2)34(30)40/h5-12,15-20H,3-4,13-14H2,1-2H3. The van der Waals surface area contributed by atoms with E-state index in [9.17, 15) is 19.2 Å². The highest BCUT2D eigenvalue weighted by molar-refractivity contribution is 6.22. The first-order valence-electron chi connectivity index (χ1n) is 14.3. The summed E-state index contributed by atoms with van der Waals surface area (Å²) in [6.07, 6.45) is 1.33. The molecule has 2 aliphatic rings. The first-order chi connectivity index (χ1) is 20.3. The molecule has 0 fully saturated rings. The zero-order valence-corrected chi connectivity index (χ0v) is 23.4. The largest absolute Gasteiger partial charge is 0.275 e. The van der Waals surface area contributed by atoms with Crippen LogP contribution in [0.4, 0.5) is 0 Å². The molecule has 0 spiro atoms. The Morgan fingerprint density at radius 1 is 0.405 bits per heavy atom. The minimum absolute atomic E-state index is 0.216. The Hall–Kier alpha value is -5.10. The summed E-state index contributed by atoms with van der Waals surface area (Å²) in [5.74, 6) is -0.864. The van der Waals surface area contributed by atoms with E-state index in [1.165, 1.54) is 9.80 Å². The van der Waals surface area contributed by atoms with Crippen LogP contribution in [-0.2, 0) is 12.8 Å². The van der Waals surface area contributed by atoms with Gasteiger partial charge in [-0.2, -0.15) is 0 Å². The minimum Gasteiger partial charge on any atom is -0.275 e. The van der Waals surface area contributed by atoms with Gasteiger partial charge in [-0.1, -0.05) is 48.5 Å². The number of benzene rings is 5. The molecule has 0 aromatic heterocycles. The van der Waals surface area contributed by atoms with Crippen molar-refractivity contribution in [3.8, 4) is 0 Å². The number of fused-ring (bicyclic) bond motifs is 4. The van der Waals surface area contributed by atoms with Gasteiger partial charge in [-0.25, -0.2) is 0 Å². The van der Waals surface area contributed by atoms with Crippen LogP contribution in [0.25, 0.3) is 21.5 Å². The lowest BCUT2D eigenvalue weighted by Gasteiger charge is -2.09. The number of hydrogen-bond acceptors (Lipinski definition) is 4. The number of imide groups is 2. The molecule has 2 heterocycles. The van der Waals surface area contributed by atoms with Crippen LogP contribution >= 0.6 is 0 Å². The first-order valence-corrected chi connectivity index (χ1v) is 14.3. The van der Waals surface area contributed by atoms with E-state index in [2.05, 4.69) is 48.5 Å². The number of carbonyl (C=O) groups is 4. The van der Waals surface area contributed by atoms with E-state index in [1.807, 2.05) is 38.1 Å². The molecule has 0 unspecified atom stereocenters. The summed E-state index contributed by atoms with van der Waals surface area (Å²) in [4.78, 5) is 52.7. The van der Waals surface area contributed by atoms with Gasteiger partial charge in [0.15, 0.2) is 0 Å². The van der Waals surface area contributed by atoms with Crippen LogP contribution in [0.15, 0.2) is 84.9 Å². The number of nitrogens with zero attached hydrogens (tertiary/aromatic N) is 2. The summed E-state index contributed by atoms with van der Waals surface area (Å²) in [5.41, 5.74) is 6.21. The van der Waals surface area contributed by atoms with Crippen molar-refractivity contribution in [3.63, 3.8) is 0 Å². The van der Waals surface area contributed by atoms with Gasteiger partial charge in [0, 0.05) is 13.1 Å². The molecule has 0 saturated carbocycles. The summed E-state index contributed by atoms with van der Waals surface area (Å²) < 4.78 is 0. The van der Waals surface area contributed by atoms with E-state index < -0.39 is 0 Å². The van der Waals surface area contributed by atoms with Crippen LogP contribution in [0.5, 0.6) is 0 Å². The van der Waals surface area contributed by atoms with Crippen molar-refractivity contribution in [1.82, 2.24) is 9.80 Å². The molecule has 0 aliphatic carbocycles. The molecular formula is C36H28N2O4. The fraction of sp³-hybridized carbons (Fsp3) is 0.167. The highest BCUT2D eigenvalue weighted by Gasteiger charge is 2.35. The third-order valence-corrected chi connectivity index (χ3v) is 8.44. The molecule has 7 rings (SSSR count). The van der Waals surface area contributed by atoms with Gasteiger partial charge in [0.1, 0.15) is 0 Å². The Morgan fingerprint density at radius 3 is 1.17 bits per heavy atom. The molecule has 0 radical (unpaired) electrons. The van der Waals surface area contributed by atoms with Gasteiger partial charge >= 0.3 is 0 Å². The van der Waals surface area contributed by atoms with Gasteiger partial charge in [0.25, 0.3) is 23.6 Å². The quantitative estimate of drug-likeness (QED) is 0.180. The third kappa shape index (κ3) is 4.10. The number of rotatable bonds is 6. The summed E-state index contributed by atoms with van der Waals surface area (Å²) in [7, 11) is 0. The molecule has 0 N–H and O–H groups in total. The van der Waals surface area contributed by atoms with Gasteiger partial charge in [-0.05, 0) is 107 Å². The van der Waals surface area contributed by atoms with Gasteiger partial charge in [-0.15, -0.1) is 0 Å². The second-order valence-electron chi connectivity index (χ2n) is 11.0. The predicted molar refractivity (Wildman–Crippen MR) is 162 cm³/mol. The van der Waals surface area contributed by atoms with E-state index in [0.29, 0.717) is 48.2 Å². The lowest BCUT2D eigenvalue weighted by atomic mass is 9.95. The van der Waals surface area contributed by atoms with E-state index in [1.54, 1.807) is 12.1 Å². The van der Waals surface area contributed by atoms with Crippen molar-refractivity contribution in [1.29, 1.82) is 0 Å². The average Bonchev–Trinajstić information content (AvgIpc) is 3.38. The van der Waals surface area contributed by atoms with Crippen molar-refractivity contribution in [3.05, 3.63) is 129 Å². The molecule has 5 aromatic rings. The Morgan fingerprint density at radius 2 is 0.762 bits per heavy atom. The molecule has 206 valence electrons. The van der Waals surface area contributed by atoms with Crippen LogP contribution in [0.3, 0.4) is 0 Å². The Labute approximate surface area is 243 Å². The van der Waals surface area contributed by atoms with Crippen LogP contribution in [0.2, 0.25) is 0 Å². The summed E-state index contributed by atoms with van der Waals surface area (Å²) in [6.45, 7) is 4.36.